The van der Waals surface area contributed by atoms with E-state index in [1.165, 1.54) is 12.1 Å². The van der Waals surface area contributed by atoms with E-state index >= 15 is 0 Å². The van der Waals surface area contributed by atoms with Gasteiger partial charge in [-0.25, -0.2) is 8.42 Å². The fraction of sp³-hybridized carbons (Fsp3) is 0.435. The van der Waals surface area contributed by atoms with Gasteiger partial charge in [-0.15, -0.1) is 0 Å². The van der Waals surface area contributed by atoms with E-state index in [2.05, 4.69) is 14.9 Å². The molecule has 1 aliphatic heterocycles. The molecule has 2 aromatic rings. The van der Waals surface area contributed by atoms with Crippen LogP contribution >= 0.6 is 0 Å². The highest BCUT2D eigenvalue weighted by molar-refractivity contribution is 7.89. The fourth-order valence-electron chi connectivity index (χ4n) is 3.80. The Balaban J connectivity index is 1.65. The van der Waals surface area contributed by atoms with Crippen LogP contribution in [0.1, 0.15) is 25.8 Å². The quantitative estimate of drug-likeness (QED) is 0.546. The predicted molar refractivity (Wildman–Crippen MR) is 120 cm³/mol. The number of likely N-dealkylation sites (tertiary alicyclic amines) is 1. The average Bonchev–Trinajstić information content (AvgIpc) is 3.07. The number of nitrogens with one attached hydrogen (secondary N) is 2. The van der Waals surface area contributed by atoms with Crippen molar-refractivity contribution >= 4 is 15.9 Å². The van der Waals surface area contributed by atoms with Gasteiger partial charge in [-0.2, -0.15) is 4.72 Å². The summed E-state index contributed by atoms with van der Waals surface area (Å²) in [5.41, 5.74) is 1.13. The molecule has 3 N–H and O–H groups in total. The molecule has 7 nitrogen and oxygen atoms in total. The number of amides is 1. The van der Waals surface area contributed by atoms with E-state index in [9.17, 15) is 18.3 Å². The fourth-order valence-corrected chi connectivity index (χ4v) is 5.03. The number of β-amino-alcohol motifs (C(OH)–C–C–N with tert-alkyl or cyclic N) is 1. The van der Waals surface area contributed by atoms with E-state index in [0.29, 0.717) is 26.1 Å². The third-order valence-electron chi connectivity index (χ3n) is 5.32. The number of carbonyl (C=O) groups excluding carboxylic acids is 1. The van der Waals surface area contributed by atoms with Crippen molar-refractivity contribution in [1.82, 2.24) is 14.9 Å². The molecule has 0 aromatic heterocycles. The van der Waals surface area contributed by atoms with Crippen molar-refractivity contribution in [2.75, 3.05) is 13.1 Å². The highest BCUT2D eigenvalue weighted by atomic mass is 32.2. The first kappa shape index (κ1) is 23.4. The Hall–Kier alpha value is -2.26. The van der Waals surface area contributed by atoms with Crippen LogP contribution in [-0.2, 0) is 21.4 Å². The summed E-state index contributed by atoms with van der Waals surface area (Å²) < 4.78 is 28.0. The van der Waals surface area contributed by atoms with Crippen LogP contribution in [0.25, 0.3) is 0 Å². The maximum atomic E-state index is 13.0. The number of aliphatic hydroxyl groups is 1. The topological polar surface area (TPSA) is 98.7 Å². The first-order valence-electron chi connectivity index (χ1n) is 10.6. The summed E-state index contributed by atoms with van der Waals surface area (Å²) in [6.45, 7) is 5.50. The minimum atomic E-state index is -3.83. The van der Waals surface area contributed by atoms with Gasteiger partial charge in [-0.3, -0.25) is 9.69 Å². The molecule has 1 saturated heterocycles. The molecule has 31 heavy (non-hydrogen) atoms. The van der Waals surface area contributed by atoms with Gasteiger partial charge in [0.25, 0.3) is 0 Å². The summed E-state index contributed by atoms with van der Waals surface area (Å²) in [5, 5.41) is 13.3. The number of benzene rings is 2. The zero-order chi connectivity index (χ0) is 22.4. The molecular weight excluding hydrogens is 414 g/mol. The normalized spacial score (nSPS) is 20.6. The van der Waals surface area contributed by atoms with Crippen LogP contribution in [0.3, 0.4) is 0 Å². The maximum absolute atomic E-state index is 13.0. The lowest BCUT2D eigenvalue weighted by molar-refractivity contribution is -0.124. The number of aliphatic hydroxyl groups excluding tert-OH is 1. The monoisotopic (exact) mass is 445 g/mol. The maximum Gasteiger partial charge on any atom is 0.241 e. The van der Waals surface area contributed by atoms with Gasteiger partial charge in [0.1, 0.15) is 6.04 Å². The Morgan fingerprint density at radius 3 is 2.29 bits per heavy atom. The zero-order valence-electron chi connectivity index (χ0n) is 17.9. The van der Waals surface area contributed by atoms with Gasteiger partial charge >= 0.3 is 0 Å². The van der Waals surface area contributed by atoms with Crippen LogP contribution in [0.2, 0.25) is 0 Å². The second-order valence-electron chi connectivity index (χ2n) is 8.48. The van der Waals surface area contributed by atoms with E-state index in [1.807, 2.05) is 44.2 Å². The highest BCUT2D eigenvalue weighted by Gasteiger charge is 2.35. The molecule has 0 saturated carbocycles. The molecule has 1 amide bonds. The van der Waals surface area contributed by atoms with Gasteiger partial charge in [0.2, 0.25) is 15.9 Å². The summed E-state index contributed by atoms with van der Waals surface area (Å²) in [7, 11) is -3.83. The third kappa shape index (κ3) is 6.61. The first-order valence-corrected chi connectivity index (χ1v) is 12.0. The predicted octanol–water partition coefficient (Wildman–Crippen LogP) is 1.74. The summed E-state index contributed by atoms with van der Waals surface area (Å²) in [4.78, 5) is 15.2. The van der Waals surface area contributed by atoms with Crippen LogP contribution in [0.5, 0.6) is 0 Å². The standard InChI is InChI=1S/C23H31N3O4S/c1-17(2)13-20(25-31(29,30)19-11-7-4-8-12-19)23(28)24-21-15-26(16-22(21)27)14-18-9-5-3-6-10-18/h3-12,17,20-22,25,27H,13-16H2,1-2H3,(H,24,28)/t20-,21?,22?/m0/s1. The minimum Gasteiger partial charge on any atom is -0.390 e. The number of hydrogen-bond donors (Lipinski definition) is 3. The highest BCUT2D eigenvalue weighted by Crippen LogP contribution is 2.16. The molecule has 0 radical (unpaired) electrons. The smallest absolute Gasteiger partial charge is 0.241 e. The largest absolute Gasteiger partial charge is 0.390 e. The van der Waals surface area contributed by atoms with Crippen molar-refractivity contribution in [3.05, 3.63) is 66.2 Å². The lowest BCUT2D eigenvalue weighted by Crippen LogP contribution is -2.52. The lowest BCUT2D eigenvalue weighted by atomic mass is 10.0. The van der Waals surface area contributed by atoms with Crippen LogP contribution in [-0.4, -0.2) is 55.6 Å². The average molecular weight is 446 g/mol. The van der Waals surface area contributed by atoms with Gasteiger partial charge < -0.3 is 10.4 Å². The number of hydrogen-bond acceptors (Lipinski definition) is 5. The summed E-state index contributed by atoms with van der Waals surface area (Å²) in [6, 6.07) is 16.6. The van der Waals surface area contributed by atoms with Crippen molar-refractivity contribution in [2.45, 2.75) is 49.9 Å². The first-order chi connectivity index (χ1) is 14.7. The lowest BCUT2D eigenvalue weighted by Gasteiger charge is -2.23. The van der Waals surface area contributed by atoms with E-state index in [0.717, 1.165) is 5.56 Å². The molecule has 0 bridgehead atoms. The van der Waals surface area contributed by atoms with Crippen molar-refractivity contribution in [1.29, 1.82) is 0 Å². The summed E-state index contributed by atoms with van der Waals surface area (Å²) in [6.07, 6.45) is -0.355. The van der Waals surface area contributed by atoms with E-state index < -0.39 is 34.1 Å². The Kier molecular flexibility index (Phi) is 7.83. The van der Waals surface area contributed by atoms with Gasteiger partial charge in [-0.1, -0.05) is 62.4 Å². The number of carbonyl (C=O) groups is 1. The molecule has 8 heteroatoms. The SMILES string of the molecule is CC(C)C[C@H](NS(=O)(=O)c1ccccc1)C(=O)NC1CN(Cc2ccccc2)CC1O. The van der Waals surface area contributed by atoms with Crippen molar-refractivity contribution < 1.29 is 18.3 Å². The summed E-state index contributed by atoms with van der Waals surface area (Å²) in [5.74, 6) is -0.309. The molecule has 1 heterocycles. The second-order valence-corrected chi connectivity index (χ2v) is 10.2. The molecule has 3 atom stereocenters. The van der Waals surface area contributed by atoms with Crippen molar-refractivity contribution in [3.8, 4) is 0 Å². The van der Waals surface area contributed by atoms with Gasteiger partial charge in [-0.05, 0) is 30.0 Å². The van der Waals surface area contributed by atoms with Crippen molar-refractivity contribution in [2.24, 2.45) is 5.92 Å². The molecule has 1 fully saturated rings. The Labute approximate surface area is 184 Å². The molecule has 168 valence electrons. The molecule has 0 aliphatic carbocycles. The number of sulfonamides is 1. The van der Waals surface area contributed by atoms with E-state index in [4.69, 9.17) is 0 Å². The Morgan fingerprint density at radius 2 is 1.68 bits per heavy atom. The molecule has 2 unspecified atom stereocenters. The number of rotatable bonds is 9. The molecule has 3 rings (SSSR count). The Morgan fingerprint density at radius 1 is 1.06 bits per heavy atom. The van der Waals surface area contributed by atoms with Gasteiger partial charge in [0, 0.05) is 19.6 Å². The van der Waals surface area contributed by atoms with Gasteiger partial charge in [0.15, 0.2) is 0 Å². The van der Waals surface area contributed by atoms with E-state index in [-0.39, 0.29) is 10.8 Å². The number of nitrogens with zero attached hydrogens (tertiary/aromatic N) is 1. The third-order valence-corrected chi connectivity index (χ3v) is 6.80. The van der Waals surface area contributed by atoms with Crippen LogP contribution in [0.4, 0.5) is 0 Å². The minimum absolute atomic E-state index is 0.109. The second kappa shape index (κ2) is 10.4. The zero-order valence-corrected chi connectivity index (χ0v) is 18.8. The molecule has 2 aromatic carbocycles. The molecule has 1 aliphatic rings. The summed E-state index contributed by atoms with van der Waals surface area (Å²) >= 11 is 0. The van der Waals surface area contributed by atoms with E-state index in [1.54, 1.807) is 18.2 Å². The van der Waals surface area contributed by atoms with Gasteiger partial charge in [0.05, 0.1) is 17.0 Å². The van der Waals surface area contributed by atoms with Crippen molar-refractivity contribution in [3.63, 3.8) is 0 Å². The van der Waals surface area contributed by atoms with Crippen LogP contribution < -0.4 is 10.0 Å². The Bertz CT molecular complexity index is 951. The van der Waals surface area contributed by atoms with Crippen LogP contribution in [0, 0.1) is 5.92 Å². The van der Waals surface area contributed by atoms with Crippen LogP contribution in [0.15, 0.2) is 65.6 Å². The molecule has 0 spiro atoms. The molecular formula is C23H31N3O4S.